The van der Waals surface area contributed by atoms with E-state index in [0.29, 0.717) is 5.02 Å². The first-order chi connectivity index (χ1) is 12.4. The Kier molecular flexibility index (Phi) is 7.42. The second-order valence-electron chi connectivity index (χ2n) is 5.91. The summed E-state index contributed by atoms with van der Waals surface area (Å²) in [5, 5.41) is 3.06. The van der Waals surface area contributed by atoms with Gasteiger partial charge in [-0.25, -0.2) is 4.98 Å². The number of pyridine rings is 1. The van der Waals surface area contributed by atoms with E-state index in [1.165, 1.54) is 12.3 Å². The molecule has 7 heteroatoms. The molecule has 26 heavy (non-hydrogen) atoms. The van der Waals surface area contributed by atoms with E-state index in [2.05, 4.69) is 10.3 Å². The van der Waals surface area contributed by atoms with Crippen molar-refractivity contribution in [2.24, 2.45) is 5.92 Å². The van der Waals surface area contributed by atoms with Crippen molar-refractivity contribution in [1.82, 2.24) is 4.98 Å². The van der Waals surface area contributed by atoms with Gasteiger partial charge in [-0.05, 0) is 17.5 Å². The van der Waals surface area contributed by atoms with Gasteiger partial charge < -0.3 is 10.1 Å². The number of nitrogens with zero attached hydrogens (tertiary/aromatic N) is 1. The molecular formula is C19H20Cl2N2O3. The number of anilines is 1. The molecular weight excluding hydrogens is 375 g/mol. The predicted molar refractivity (Wildman–Crippen MR) is 102 cm³/mol. The molecule has 2 rings (SSSR count). The minimum atomic E-state index is -0.522. The fourth-order valence-corrected chi connectivity index (χ4v) is 2.92. The Morgan fingerprint density at radius 1 is 1.23 bits per heavy atom. The molecule has 0 aliphatic rings. The van der Waals surface area contributed by atoms with E-state index in [4.69, 9.17) is 27.9 Å². The number of carbonyl (C=O) groups excluding carboxylic acids is 2. The number of carbonyl (C=O) groups is 2. The Bertz CT molecular complexity index is 769. The quantitative estimate of drug-likeness (QED) is 0.690. The largest absolute Gasteiger partial charge is 0.455 e. The second-order valence-corrected chi connectivity index (χ2v) is 6.76. The summed E-state index contributed by atoms with van der Waals surface area (Å²) in [6, 6.07) is 10.9. The molecule has 2 aromatic rings. The lowest BCUT2D eigenvalue weighted by molar-refractivity contribution is -0.150. The van der Waals surface area contributed by atoms with Crippen molar-refractivity contribution >= 4 is 40.9 Å². The third kappa shape index (κ3) is 5.44. The smallest absolute Gasteiger partial charge is 0.314 e. The number of esters is 1. The minimum Gasteiger partial charge on any atom is -0.455 e. The number of benzene rings is 1. The minimum absolute atomic E-state index is 0.0836. The van der Waals surface area contributed by atoms with Gasteiger partial charge in [0.1, 0.15) is 0 Å². The number of rotatable bonds is 7. The predicted octanol–water partition coefficient (Wildman–Crippen LogP) is 4.70. The summed E-state index contributed by atoms with van der Waals surface area (Å²) in [7, 11) is 0. The van der Waals surface area contributed by atoms with E-state index in [1.54, 1.807) is 0 Å². The highest BCUT2D eigenvalue weighted by Gasteiger charge is 2.27. The van der Waals surface area contributed by atoms with Gasteiger partial charge in [-0.2, -0.15) is 0 Å². The van der Waals surface area contributed by atoms with Gasteiger partial charge in [0.15, 0.2) is 12.4 Å². The summed E-state index contributed by atoms with van der Waals surface area (Å²) in [5.74, 6) is -1.13. The molecule has 0 radical (unpaired) electrons. The van der Waals surface area contributed by atoms with E-state index in [0.717, 1.165) is 12.0 Å². The van der Waals surface area contributed by atoms with Gasteiger partial charge in [0, 0.05) is 6.20 Å². The van der Waals surface area contributed by atoms with Crippen LogP contribution in [0, 0.1) is 5.92 Å². The van der Waals surface area contributed by atoms with Gasteiger partial charge in [-0.15, -0.1) is 0 Å². The summed E-state index contributed by atoms with van der Waals surface area (Å²) < 4.78 is 5.23. The Morgan fingerprint density at radius 2 is 1.92 bits per heavy atom. The number of halogens is 2. The van der Waals surface area contributed by atoms with Crippen LogP contribution in [-0.4, -0.2) is 23.5 Å². The molecule has 5 nitrogen and oxygen atoms in total. The molecule has 1 amide bonds. The van der Waals surface area contributed by atoms with Crippen LogP contribution < -0.4 is 5.32 Å². The zero-order valence-corrected chi connectivity index (χ0v) is 16.1. The van der Waals surface area contributed by atoms with Crippen molar-refractivity contribution in [3.8, 4) is 0 Å². The lowest BCUT2D eigenvalue weighted by Gasteiger charge is -2.21. The average molecular weight is 395 g/mol. The molecule has 1 N–H and O–H groups in total. The van der Waals surface area contributed by atoms with Crippen LogP contribution in [0.4, 0.5) is 5.82 Å². The Morgan fingerprint density at radius 3 is 2.54 bits per heavy atom. The topological polar surface area (TPSA) is 68.3 Å². The highest BCUT2D eigenvalue weighted by molar-refractivity contribution is 6.36. The molecule has 0 aliphatic heterocycles. The summed E-state index contributed by atoms with van der Waals surface area (Å²) in [4.78, 5) is 28.5. The molecule has 2 atom stereocenters. The van der Waals surface area contributed by atoms with Crippen molar-refractivity contribution in [1.29, 1.82) is 0 Å². The molecule has 0 spiro atoms. The summed E-state index contributed by atoms with van der Waals surface area (Å²) in [6.45, 7) is 3.57. The van der Waals surface area contributed by atoms with Gasteiger partial charge in [0.25, 0.3) is 5.91 Å². The Labute approximate surface area is 162 Å². The van der Waals surface area contributed by atoms with E-state index < -0.39 is 24.4 Å². The molecule has 138 valence electrons. The summed E-state index contributed by atoms with van der Waals surface area (Å²) >= 11 is 11.7. The normalized spacial score (nSPS) is 12.9. The first kappa shape index (κ1) is 20.2. The first-order valence-corrected chi connectivity index (χ1v) is 9.00. The summed E-state index contributed by atoms with van der Waals surface area (Å²) in [6.07, 6.45) is 2.18. The Hall–Kier alpha value is -2.11. The lowest BCUT2D eigenvalue weighted by Crippen LogP contribution is -2.27. The fraction of sp³-hybridized carbons (Fsp3) is 0.316. The highest BCUT2D eigenvalue weighted by atomic mass is 35.5. The van der Waals surface area contributed by atoms with Crippen LogP contribution in [0.5, 0.6) is 0 Å². The number of ether oxygens (including phenoxy) is 1. The first-order valence-electron chi connectivity index (χ1n) is 8.24. The SMILES string of the molecule is CC[C@@H](C)[C@H](C(=O)OCC(=O)Nc1ncc(Cl)cc1Cl)c1ccccc1. The second kappa shape index (κ2) is 9.55. The maximum Gasteiger partial charge on any atom is 0.314 e. The van der Waals surface area contributed by atoms with Gasteiger partial charge >= 0.3 is 5.97 Å². The summed E-state index contributed by atoms with van der Waals surface area (Å²) in [5.41, 5.74) is 0.870. The van der Waals surface area contributed by atoms with Gasteiger partial charge in [0.05, 0.1) is 16.0 Å². The van der Waals surface area contributed by atoms with Crippen molar-refractivity contribution < 1.29 is 14.3 Å². The molecule has 1 aromatic carbocycles. The third-order valence-electron chi connectivity index (χ3n) is 4.04. The lowest BCUT2D eigenvalue weighted by atomic mass is 9.86. The maximum atomic E-state index is 12.6. The third-order valence-corrected chi connectivity index (χ3v) is 4.53. The van der Waals surface area contributed by atoms with Crippen LogP contribution in [0.2, 0.25) is 10.0 Å². The zero-order chi connectivity index (χ0) is 19.1. The Balaban J connectivity index is 1.99. The van der Waals surface area contributed by atoms with Crippen LogP contribution in [0.25, 0.3) is 0 Å². The number of nitrogens with one attached hydrogen (secondary N) is 1. The van der Waals surface area contributed by atoms with Crippen LogP contribution in [0.1, 0.15) is 31.7 Å². The van der Waals surface area contributed by atoms with Gasteiger partial charge in [-0.1, -0.05) is 73.8 Å². The molecule has 0 saturated heterocycles. The number of hydrogen-bond donors (Lipinski definition) is 1. The van der Waals surface area contributed by atoms with Crippen LogP contribution in [0.15, 0.2) is 42.6 Å². The molecule has 1 aromatic heterocycles. The molecule has 0 unspecified atom stereocenters. The van der Waals surface area contributed by atoms with E-state index in [9.17, 15) is 9.59 Å². The van der Waals surface area contributed by atoms with E-state index in [1.807, 2.05) is 44.2 Å². The molecule has 0 fully saturated rings. The van der Waals surface area contributed by atoms with E-state index in [-0.39, 0.29) is 16.8 Å². The standard InChI is InChI=1S/C19H20Cl2N2O3/c1-3-12(2)17(13-7-5-4-6-8-13)19(25)26-11-16(24)23-18-15(21)9-14(20)10-22-18/h4-10,12,17H,3,11H2,1-2H3,(H,22,23,24)/t12-,17+/m1/s1. The van der Waals surface area contributed by atoms with Crippen LogP contribution in [-0.2, 0) is 14.3 Å². The van der Waals surface area contributed by atoms with Gasteiger partial charge in [0.2, 0.25) is 0 Å². The molecule has 1 heterocycles. The van der Waals surface area contributed by atoms with Crippen molar-refractivity contribution in [2.45, 2.75) is 26.2 Å². The fourth-order valence-electron chi connectivity index (χ4n) is 2.49. The van der Waals surface area contributed by atoms with E-state index >= 15 is 0 Å². The molecule has 0 saturated carbocycles. The van der Waals surface area contributed by atoms with Gasteiger partial charge in [-0.3, -0.25) is 9.59 Å². The number of amides is 1. The highest BCUT2D eigenvalue weighted by Crippen LogP contribution is 2.28. The van der Waals surface area contributed by atoms with Crippen LogP contribution >= 0.6 is 23.2 Å². The zero-order valence-electron chi connectivity index (χ0n) is 14.5. The number of aromatic nitrogens is 1. The average Bonchev–Trinajstić information content (AvgIpc) is 2.63. The monoisotopic (exact) mass is 394 g/mol. The number of hydrogen-bond acceptors (Lipinski definition) is 4. The van der Waals surface area contributed by atoms with Crippen molar-refractivity contribution in [2.75, 3.05) is 11.9 Å². The molecule has 0 aliphatic carbocycles. The maximum absolute atomic E-state index is 12.6. The van der Waals surface area contributed by atoms with Crippen molar-refractivity contribution in [3.63, 3.8) is 0 Å². The van der Waals surface area contributed by atoms with Crippen LogP contribution in [0.3, 0.4) is 0 Å². The molecule has 0 bridgehead atoms. The van der Waals surface area contributed by atoms with Crippen molar-refractivity contribution in [3.05, 3.63) is 58.2 Å².